The molecule has 18 heavy (non-hydrogen) atoms. The van der Waals surface area contributed by atoms with Gasteiger partial charge in [0.25, 0.3) is 0 Å². The predicted octanol–water partition coefficient (Wildman–Crippen LogP) is 2.63. The van der Waals surface area contributed by atoms with Gasteiger partial charge in [-0.15, -0.1) is 0 Å². The number of nitrogens with one attached hydrogen (secondary N) is 1. The summed E-state index contributed by atoms with van der Waals surface area (Å²) < 4.78 is 30.1. The summed E-state index contributed by atoms with van der Waals surface area (Å²) >= 11 is 0. The van der Waals surface area contributed by atoms with Crippen LogP contribution in [-0.4, -0.2) is 16.2 Å². The zero-order chi connectivity index (χ0) is 13.0. The van der Waals surface area contributed by atoms with Crippen LogP contribution in [0.4, 0.5) is 14.5 Å². The number of ether oxygens (including phenoxy) is 1. The minimum absolute atomic E-state index is 0.146. The van der Waals surface area contributed by atoms with Gasteiger partial charge >= 0.3 is 6.61 Å². The van der Waals surface area contributed by atoms with Crippen molar-refractivity contribution in [1.82, 2.24) is 9.55 Å². The third kappa shape index (κ3) is 3.19. The lowest BCUT2D eigenvalue weighted by atomic mass is 10.3. The SMILES string of the molecule is Cn1ccnc1CNc1ccc(OC(F)F)cc1. The van der Waals surface area contributed by atoms with Crippen LogP contribution in [-0.2, 0) is 13.6 Å². The molecule has 0 aliphatic rings. The Morgan fingerprint density at radius 2 is 2.06 bits per heavy atom. The van der Waals surface area contributed by atoms with Crippen LogP contribution in [0.25, 0.3) is 0 Å². The summed E-state index contributed by atoms with van der Waals surface area (Å²) in [6.07, 6.45) is 3.58. The van der Waals surface area contributed by atoms with Gasteiger partial charge in [0.15, 0.2) is 0 Å². The summed E-state index contributed by atoms with van der Waals surface area (Å²) in [5.74, 6) is 1.04. The number of hydrogen-bond donors (Lipinski definition) is 1. The second-order valence-electron chi connectivity index (χ2n) is 3.71. The maximum Gasteiger partial charge on any atom is 0.387 e. The largest absolute Gasteiger partial charge is 0.435 e. The van der Waals surface area contributed by atoms with Gasteiger partial charge in [0.05, 0.1) is 6.54 Å². The zero-order valence-corrected chi connectivity index (χ0v) is 9.81. The second kappa shape index (κ2) is 5.48. The minimum Gasteiger partial charge on any atom is -0.435 e. The van der Waals surface area contributed by atoms with Gasteiger partial charge in [-0.05, 0) is 24.3 Å². The fourth-order valence-corrected chi connectivity index (χ4v) is 1.50. The average Bonchev–Trinajstić information content (AvgIpc) is 2.73. The van der Waals surface area contributed by atoms with E-state index in [9.17, 15) is 8.78 Å². The number of imidazole rings is 1. The van der Waals surface area contributed by atoms with E-state index in [1.807, 2.05) is 17.8 Å². The van der Waals surface area contributed by atoms with E-state index in [0.29, 0.717) is 6.54 Å². The molecule has 2 rings (SSSR count). The normalized spacial score (nSPS) is 10.7. The van der Waals surface area contributed by atoms with Gasteiger partial charge < -0.3 is 14.6 Å². The van der Waals surface area contributed by atoms with Crippen molar-refractivity contribution >= 4 is 5.69 Å². The van der Waals surface area contributed by atoms with Crippen LogP contribution < -0.4 is 10.1 Å². The molecule has 0 bridgehead atoms. The highest BCUT2D eigenvalue weighted by Crippen LogP contribution is 2.17. The van der Waals surface area contributed by atoms with Crippen LogP contribution in [0.1, 0.15) is 5.82 Å². The van der Waals surface area contributed by atoms with Crippen LogP contribution in [0, 0.1) is 0 Å². The van der Waals surface area contributed by atoms with E-state index in [2.05, 4.69) is 15.0 Å². The van der Waals surface area contributed by atoms with Crippen molar-refractivity contribution in [2.24, 2.45) is 7.05 Å². The highest BCUT2D eigenvalue weighted by molar-refractivity contribution is 5.46. The van der Waals surface area contributed by atoms with Gasteiger partial charge in [0.1, 0.15) is 11.6 Å². The van der Waals surface area contributed by atoms with Crippen LogP contribution in [0.15, 0.2) is 36.7 Å². The molecule has 0 fully saturated rings. The summed E-state index contributed by atoms with van der Waals surface area (Å²) in [4.78, 5) is 4.16. The molecule has 0 aliphatic carbocycles. The second-order valence-corrected chi connectivity index (χ2v) is 3.71. The average molecular weight is 253 g/mol. The lowest BCUT2D eigenvalue weighted by Gasteiger charge is -2.08. The van der Waals surface area contributed by atoms with Gasteiger partial charge in [-0.3, -0.25) is 0 Å². The van der Waals surface area contributed by atoms with E-state index >= 15 is 0 Å². The number of benzene rings is 1. The Labute approximate surface area is 103 Å². The summed E-state index contributed by atoms with van der Waals surface area (Å²) in [6.45, 7) is -2.23. The van der Waals surface area contributed by atoms with Crippen LogP contribution in [0.5, 0.6) is 5.75 Å². The molecular weight excluding hydrogens is 240 g/mol. The number of rotatable bonds is 5. The van der Waals surface area contributed by atoms with E-state index in [1.165, 1.54) is 12.1 Å². The number of aromatic nitrogens is 2. The first-order chi connectivity index (χ1) is 8.65. The molecule has 0 atom stereocenters. The van der Waals surface area contributed by atoms with Gasteiger partial charge in [-0.1, -0.05) is 0 Å². The third-order valence-corrected chi connectivity index (χ3v) is 2.45. The summed E-state index contributed by atoms with van der Waals surface area (Å²) in [5, 5.41) is 3.14. The van der Waals surface area contributed by atoms with Gasteiger partial charge in [-0.2, -0.15) is 8.78 Å². The van der Waals surface area contributed by atoms with Crippen LogP contribution >= 0.6 is 0 Å². The molecule has 4 nitrogen and oxygen atoms in total. The van der Waals surface area contributed by atoms with Crippen molar-refractivity contribution in [3.05, 3.63) is 42.5 Å². The summed E-state index contributed by atoms with van der Waals surface area (Å²) in [7, 11) is 1.91. The zero-order valence-electron chi connectivity index (χ0n) is 9.81. The van der Waals surface area contributed by atoms with Gasteiger partial charge in [0, 0.05) is 25.1 Å². The Bertz CT molecular complexity index is 496. The number of nitrogens with zero attached hydrogens (tertiary/aromatic N) is 2. The van der Waals surface area contributed by atoms with E-state index in [4.69, 9.17) is 0 Å². The Balaban J connectivity index is 1.92. The molecule has 1 aromatic heterocycles. The Morgan fingerprint density at radius 3 is 2.61 bits per heavy atom. The summed E-state index contributed by atoms with van der Waals surface area (Å²) in [5.41, 5.74) is 0.819. The van der Waals surface area contributed by atoms with Crippen molar-refractivity contribution < 1.29 is 13.5 Å². The molecule has 1 N–H and O–H groups in total. The lowest BCUT2D eigenvalue weighted by Crippen LogP contribution is -2.06. The molecule has 0 unspecified atom stereocenters. The van der Waals surface area contributed by atoms with Gasteiger partial charge in [-0.25, -0.2) is 4.98 Å². The molecule has 96 valence electrons. The predicted molar refractivity (Wildman–Crippen MR) is 63.6 cm³/mol. The monoisotopic (exact) mass is 253 g/mol. The number of alkyl halides is 2. The van der Waals surface area contributed by atoms with Crippen molar-refractivity contribution in [1.29, 1.82) is 0 Å². The first-order valence-electron chi connectivity index (χ1n) is 5.40. The molecule has 0 radical (unpaired) electrons. The van der Waals surface area contributed by atoms with E-state index in [0.717, 1.165) is 11.5 Å². The van der Waals surface area contributed by atoms with E-state index in [-0.39, 0.29) is 5.75 Å². The molecule has 0 saturated carbocycles. The lowest BCUT2D eigenvalue weighted by molar-refractivity contribution is -0.0498. The summed E-state index contributed by atoms with van der Waals surface area (Å²) in [6, 6.07) is 6.35. The third-order valence-electron chi connectivity index (χ3n) is 2.45. The van der Waals surface area contributed by atoms with Crippen molar-refractivity contribution in [3.63, 3.8) is 0 Å². The first-order valence-corrected chi connectivity index (χ1v) is 5.40. The highest BCUT2D eigenvalue weighted by atomic mass is 19.3. The molecular formula is C12H13F2N3O. The number of aryl methyl sites for hydroxylation is 1. The fourth-order valence-electron chi connectivity index (χ4n) is 1.50. The molecule has 1 aromatic carbocycles. The standard InChI is InChI=1S/C12H13F2N3O/c1-17-7-6-15-11(17)8-16-9-2-4-10(5-3-9)18-12(13)14/h2-7,12,16H,8H2,1H3. The van der Waals surface area contributed by atoms with E-state index in [1.54, 1.807) is 18.3 Å². The first kappa shape index (κ1) is 12.3. The molecule has 0 spiro atoms. The molecule has 0 aliphatic heterocycles. The topological polar surface area (TPSA) is 39.1 Å². The Hall–Kier alpha value is -2.11. The van der Waals surface area contributed by atoms with Crippen LogP contribution in [0.3, 0.4) is 0 Å². The Kier molecular flexibility index (Phi) is 3.76. The smallest absolute Gasteiger partial charge is 0.387 e. The van der Waals surface area contributed by atoms with E-state index < -0.39 is 6.61 Å². The molecule has 6 heteroatoms. The number of halogens is 2. The van der Waals surface area contributed by atoms with Crippen LogP contribution in [0.2, 0.25) is 0 Å². The Morgan fingerprint density at radius 1 is 1.33 bits per heavy atom. The fraction of sp³-hybridized carbons (Fsp3) is 0.250. The molecule has 0 amide bonds. The van der Waals surface area contributed by atoms with Crippen molar-refractivity contribution in [2.75, 3.05) is 5.32 Å². The van der Waals surface area contributed by atoms with Crippen molar-refractivity contribution in [3.8, 4) is 5.75 Å². The quantitative estimate of drug-likeness (QED) is 0.890. The maximum atomic E-state index is 12.0. The molecule has 2 aromatic rings. The maximum absolute atomic E-state index is 12.0. The number of anilines is 1. The van der Waals surface area contributed by atoms with Gasteiger partial charge in [0.2, 0.25) is 0 Å². The highest BCUT2D eigenvalue weighted by Gasteiger charge is 2.04. The number of hydrogen-bond acceptors (Lipinski definition) is 3. The van der Waals surface area contributed by atoms with Crippen molar-refractivity contribution in [2.45, 2.75) is 13.2 Å². The molecule has 1 heterocycles. The minimum atomic E-state index is -2.80. The molecule has 0 saturated heterocycles.